The van der Waals surface area contributed by atoms with Crippen LogP contribution in [0.4, 0.5) is 5.69 Å². The SMILES string of the molecule is Cc1cccc2c(N)c(C(=O)N3CCSCC3)sc12. The molecule has 2 aromatic rings. The fourth-order valence-corrected chi connectivity index (χ4v) is 4.41. The molecule has 19 heavy (non-hydrogen) atoms. The molecule has 0 radical (unpaired) electrons. The molecule has 100 valence electrons. The molecule has 1 fully saturated rings. The maximum atomic E-state index is 12.5. The van der Waals surface area contributed by atoms with Gasteiger partial charge in [-0.05, 0) is 12.5 Å². The van der Waals surface area contributed by atoms with E-state index in [2.05, 4.69) is 13.0 Å². The molecule has 1 amide bonds. The summed E-state index contributed by atoms with van der Waals surface area (Å²) >= 11 is 3.43. The number of rotatable bonds is 1. The number of anilines is 1. The zero-order valence-corrected chi connectivity index (χ0v) is 12.4. The van der Waals surface area contributed by atoms with Gasteiger partial charge < -0.3 is 10.6 Å². The van der Waals surface area contributed by atoms with Gasteiger partial charge >= 0.3 is 0 Å². The largest absolute Gasteiger partial charge is 0.397 e. The van der Waals surface area contributed by atoms with Crippen LogP contribution in [0.3, 0.4) is 0 Å². The Hall–Kier alpha value is -1.20. The predicted octanol–water partition coefficient (Wildman–Crippen LogP) is 2.98. The van der Waals surface area contributed by atoms with Gasteiger partial charge in [-0.15, -0.1) is 11.3 Å². The maximum Gasteiger partial charge on any atom is 0.266 e. The number of hydrogen-bond acceptors (Lipinski definition) is 4. The number of amides is 1. The van der Waals surface area contributed by atoms with E-state index in [0.29, 0.717) is 10.6 Å². The fraction of sp³-hybridized carbons (Fsp3) is 0.357. The monoisotopic (exact) mass is 292 g/mol. The zero-order chi connectivity index (χ0) is 13.4. The summed E-state index contributed by atoms with van der Waals surface area (Å²) in [7, 11) is 0. The van der Waals surface area contributed by atoms with E-state index < -0.39 is 0 Å². The van der Waals surface area contributed by atoms with Crippen LogP contribution in [-0.2, 0) is 0 Å². The molecule has 1 aromatic heterocycles. The molecule has 2 N–H and O–H groups in total. The number of thiophene rings is 1. The van der Waals surface area contributed by atoms with E-state index >= 15 is 0 Å². The lowest BCUT2D eigenvalue weighted by molar-refractivity contribution is 0.0778. The molecule has 3 rings (SSSR count). The second-order valence-corrected chi connectivity index (χ2v) is 6.95. The molecule has 2 heterocycles. The number of nitrogen functional groups attached to an aromatic ring is 1. The lowest BCUT2D eigenvalue weighted by Crippen LogP contribution is -2.37. The highest BCUT2D eigenvalue weighted by Gasteiger charge is 2.23. The van der Waals surface area contributed by atoms with Gasteiger partial charge in [0, 0.05) is 34.7 Å². The normalized spacial score (nSPS) is 15.9. The average Bonchev–Trinajstić information content (AvgIpc) is 2.78. The molecule has 3 nitrogen and oxygen atoms in total. The van der Waals surface area contributed by atoms with Gasteiger partial charge in [-0.3, -0.25) is 4.79 Å². The summed E-state index contributed by atoms with van der Waals surface area (Å²) in [5.41, 5.74) is 8.00. The second kappa shape index (κ2) is 5.06. The van der Waals surface area contributed by atoms with Crippen molar-refractivity contribution in [1.82, 2.24) is 4.90 Å². The van der Waals surface area contributed by atoms with Gasteiger partial charge in [-0.2, -0.15) is 11.8 Å². The lowest BCUT2D eigenvalue weighted by atomic mass is 10.1. The number of thioether (sulfide) groups is 1. The third-order valence-electron chi connectivity index (χ3n) is 3.44. The standard InChI is InChI=1S/C14H16N2OS2/c1-9-3-2-4-10-11(15)13(19-12(9)10)14(17)16-5-7-18-8-6-16/h2-4H,5-8,15H2,1H3. The Bertz CT molecular complexity index is 630. The summed E-state index contributed by atoms with van der Waals surface area (Å²) in [5, 5.41) is 1.01. The van der Waals surface area contributed by atoms with Crippen LogP contribution in [0.15, 0.2) is 18.2 Å². The molecular formula is C14H16N2OS2. The van der Waals surface area contributed by atoms with Crippen molar-refractivity contribution < 1.29 is 4.79 Å². The Morgan fingerprint density at radius 1 is 1.32 bits per heavy atom. The van der Waals surface area contributed by atoms with Crippen molar-refractivity contribution in [2.45, 2.75) is 6.92 Å². The topological polar surface area (TPSA) is 46.3 Å². The number of fused-ring (bicyclic) bond motifs is 1. The average molecular weight is 292 g/mol. The summed E-state index contributed by atoms with van der Waals surface area (Å²) in [4.78, 5) is 15.2. The quantitative estimate of drug-likeness (QED) is 0.879. The zero-order valence-electron chi connectivity index (χ0n) is 10.8. The van der Waals surface area contributed by atoms with Crippen molar-refractivity contribution in [1.29, 1.82) is 0 Å². The first kappa shape index (κ1) is 12.8. The summed E-state index contributed by atoms with van der Waals surface area (Å²) in [5.74, 6) is 2.14. The van der Waals surface area contributed by atoms with Crippen molar-refractivity contribution in [2.24, 2.45) is 0 Å². The van der Waals surface area contributed by atoms with E-state index in [1.807, 2.05) is 28.8 Å². The van der Waals surface area contributed by atoms with E-state index in [1.54, 1.807) is 0 Å². The first-order valence-electron chi connectivity index (χ1n) is 6.33. The van der Waals surface area contributed by atoms with Gasteiger partial charge in [-0.25, -0.2) is 0 Å². The number of carbonyl (C=O) groups excluding carboxylic acids is 1. The molecule has 0 unspecified atom stereocenters. The lowest BCUT2D eigenvalue weighted by Gasteiger charge is -2.26. The Kier molecular flexibility index (Phi) is 3.41. The Morgan fingerprint density at radius 2 is 2.05 bits per heavy atom. The van der Waals surface area contributed by atoms with E-state index in [-0.39, 0.29) is 5.91 Å². The molecule has 5 heteroatoms. The molecule has 1 aliphatic rings. The van der Waals surface area contributed by atoms with E-state index in [0.717, 1.165) is 34.7 Å². The van der Waals surface area contributed by atoms with Crippen LogP contribution >= 0.6 is 23.1 Å². The minimum Gasteiger partial charge on any atom is -0.397 e. The number of carbonyl (C=O) groups is 1. The number of benzene rings is 1. The molecular weight excluding hydrogens is 276 g/mol. The smallest absolute Gasteiger partial charge is 0.266 e. The molecule has 0 aliphatic carbocycles. The fourth-order valence-electron chi connectivity index (χ4n) is 2.35. The summed E-state index contributed by atoms with van der Waals surface area (Å²) < 4.78 is 1.13. The van der Waals surface area contributed by atoms with Gasteiger partial charge in [0.2, 0.25) is 0 Å². The van der Waals surface area contributed by atoms with Crippen LogP contribution in [-0.4, -0.2) is 35.4 Å². The Labute approximate surface area is 120 Å². The van der Waals surface area contributed by atoms with Crippen LogP contribution in [0.2, 0.25) is 0 Å². The molecule has 1 aromatic carbocycles. The minimum absolute atomic E-state index is 0.0957. The summed E-state index contributed by atoms with van der Waals surface area (Å²) in [6, 6.07) is 6.05. The van der Waals surface area contributed by atoms with Crippen molar-refractivity contribution in [3.8, 4) is 0 Å². The van der Waals surface area contributed by atoms with Crippen LogP contribution in [0.25, 0.3) is 10.1 Å². The molecule has 0 spiro atoms. The van der Waals surface area contributed by atoms with E-state index in [4.69, 9.17) is 5.73 Å². The van der Waals surface area contributed by atoms with Gasteiger partial charge in [-0.1, -0.05) is 18.2 Å². The van der Waals surface area contributed by atoms with Crippen LogP contribution in [0.1, 0.15) is 15.2 Å². The van der Waals surface area contributed by atoms with Gasteiger partial charge in [0.1, 0.15) is 4.88 Å². The first-order valence-corrected chi connectivity index (χ1v) is 8.30. The van der Waals surface area contributed by atoms with Crippen molar-refractivity contribution in [3.63, 3.8) is 0 Å². The minimum atomic E-state index is 0.0957. The molecule has 1 saturated heterocycles. The number of hydrogen-bond donors (Lipinski definition) is 1. The molecule has 0 bridgehead atoms. The van der Waals surface area contributed by atoms with Crippen LogP contribution in [0, 0.1) is 6.92 Å². The first-order chi connectivity index (χ1) is 9.18. The highest BCUT2D eigenvalue weighted by molar-refractivity contribution is 7.99. The highest BCUT2D eigenvalue weighted by atomic mass is 32.2. The van der Waals surface area contributed by atoms with Crippen molar-refractivity contribution in [2.75, 3.05) is 30.3 Å². The van der Waals surface area contributed by atoms with Crippen LogP contribution in [0.5, 0.6) is 0 Å². The molecule has 0 atom stereocenters. The number of aryl methyl sites for hydroxylation is 1. The Balaban J connectivity index is 2.02. The third kappa shape index (κ3) is 2.21. The van der Waals surface area contributed by atoms with Crippen molar-refractivity contribution in [3.05, 3.63) is 28.6 Å². The second-order valence-electron chi connectivity index (χ2n) is 4.70. The number of nitrogens with zero attached hydrogens (tertiary/aromatic N) is 1. The molecule has 1 aliphatic heterocycles. The number of nitrogens with two attached hydrogens (primary N) is 1. The summed E-state index contributed by atoms with van der Waals surface area (Å²) in [6.45, 7) is 3.72. The summed E-state index contributed by atoms with van der Waals surface area (Å²) in [6.07, 6.45) is 0. The van der Waals surface area contributed by atoms with Gasteiger partial charge in [0.15, 0.2) is 0 Å². The third-order valence-corrected chi connectivity index (χ3v) is 5.73. The molecule has 0 saturated carbocycles. The van der Waals surface area contributed by atoms with Crippen LogP contribution < -0.4 is 5.73 Å². The highest BCUT2D eigenvalue weighted by Crippen LogP contribution is 2.36. The Morgan fingerprint density at radius 3 is 2.74 bits per heavy atom. The predicted molar refractivity (Wildman–Crippen MR) is 84.2 cm³/mol. The van der Waals surface area contributed by atoms with Gasteiger partial charge in [0.25, 0.3) is 5.91 Å². The van der Waals surface area contributed by atoms with E-state index in [1.165, 1.54) is 16.9 Å². The van der Waals surface area contributed by atoms with E-state index in [9.17, 15) is 4.79 Å². The van der Waals surface area contributed by atoms with Crippen molar-refractivity contribution >= 4 is 44.8 Å². The van der Waals surface area contributed by atoms with Gasteiger partial charge in [0.05, 0.1) is 5.69 Å². The maximum absolute atomic E-state index is 12.5.